The maximum Gasteiger partial charge on any atom is 0.220 e. The molecule has 2 rings (SSSR count). The van der Waals surface area contributed by atoms with Crippen molar-refractivity contribution >= 4 is 23.2 Å². The average Bonchev–Trinajstić information content (AvgIpc) is 3.08. The maximum absolute atomic E-state index is 11.9. The molecule has 3 N–H and O–H groups in total. The standard InChI is InChI=1S/C17H28N4OS/c1-18-17(21-12-15-7-10-23-13-15)20-9-8-19-16(22)11-14-5-3-2-4-6-14/h7,10,13-14H,2-6,8-9,11-12H2,1H3,(H,19,22)(H2,18,20,21). The molecule has 1 aromatic heterocycles. The first kappa shape index (κ1) is 17.8. The topological polar surface area (TPSA) is 65.5 Å². The Balaban J connectivity index is 1.55. The molecule has 0 saturated heterocycles. The van der Waals surface area contributed by atoms with Gasteiger partial charge in [0.25, 0.3) is 0 Å². The van der Waals surface area contributed by atoms with Gasteiger partial charge < -0.3 is 16.0 Å². The molecule has 128 valence electrons. The second kappa shape index (κ2) is 10.3. The van der Waals surface area contributed by atoms with Crippen molar-refractivity contribution in [3.8, 4) is 0 Å². The minimum Gasteiger partial charge on any atom is -0.355 e. The Labute approximate surface area is 143 Å². The van der Waals surface area contributed by atoms with E-state index in [2.05, 4.69) is 37.8 Å². The first-order valence-corrected chi connectivity index (χ1v) is 9.44. The molecule has 1 aromatic rings. The fourth-order valence-electron chi connectivity index (χ4n) is 2.91. The minimum absolute atomic E-state index is 0.180. The van der Waals surface area contributed by atoms with Gasteiger partial charge in [-0.15, -0.1) is 0 Å². The van der Waals surface area contributed by atoms with Gasteiger partial charge in [-0.1, -0.05) is 19.3 Å². The number of hydrogen-bond donors (Lipinski definition) is 3. The summed E-state index contributed by atoms with van der Waals surface area (Å²) in [5, 5.41) is 13.7. The van der Waals surface area contributed by atoms with Crippen LogP contribution in [0.3, 0.4) is 0 Å². The van der Waals surface area contributed by atoms with Crippen LogP contribution in [0, 0.1) is 5.92 Å². The zero-order valence-electron chi connectivity index (χ0n) is 13.9. The van der Waals surface area contributed by atoms with Gasteiger partial charge in [0.1, 0.15) is 0 Å². The van der Waals surface area contributed by atoms with Crippen LogP contribution in [0.2, 0.25) is 0 Å². The van der Waals surface area contributed by atoms with Crippen LogP contribution in [-0.4, -0.2) is 32.0 Å². The summed E-state index contributed by atoms with van der Waals surface area (Å²) in [6.07, 6.45) is 7.01. The second-order valence-electron chi connectivity index (χ2n) is 6.04. The lowest BCUT2D eigenvalue weighted by Gasteiger charge is -2.20. The number of thiophene rings is 1. The van der Waals surface area contributed by atoms with E-state index in [9.17, 15) is 4.79 Å². The minimum atomic E-state index is 0.180. The van der Waals surface area contributed by atoms with Crippen molar-refractivity contribution in [1.29, 1.82) is 0 Å². The number of carbonyl (C=O) groups is 1. The third-order valence-electron chi connectivity index (χ3n) is 4.20. The third kappa shape index (κ3) is 7.03. The average molecular weight is 337 g/mol. The molecular formula is C17H28N4OS. The monoisotopic (exact) mass is 336 g/mol. The van der Waals surface area contributed by atoms with E-state index in [-0.39, 0.29) is 5.91 Å². The number of guanidine groups is 1. The Morgan fingerprint density at radius 3 is 2.70 bits per heavy atom. The molecule has 0 unspecified atom stereocenters. The van der Waals surface area contributed by atoms with Crippen LogP contribution < -0.4 is 16.0 Å². The van der Waals surface area contributed by atoms with Crippen LogP contribution in [0.5, 0.6) is 0 Å². The molecular weight excluding hydrogens is 308 g/mol. The van der Waals surface area contributed by atoms with E-state index >= 15 is 0 Å². The lowest BCUT2D eigenvalue weighted by atomic mass is 9.87. The Morgan fingerprint density at radius 2 is 2.00 bits per heavy atom. The van der Waals surface area contributed by atoms with Gasteiger partial charge in [-0.3, -0.25) is 9.79 Å². The summed E-state index contributed by atoms with van der Waals surface area (Å²) in [7, 11) is 1.75. The molecule has 0 aromatic carbocycles. The molecule has 1 fully saturated rings. The number of carbonyl (C=O) groups excluding carboxylic acids is 1. The second-order valence-corrected chi connectivity index (χ2v) is 6.82. The van der Waals surface area contributed by atoms with Gasteiger partial charge in [-0.05, 0) is 41.1 Å². The van der Waals surface area contributed by atoms with Crippen molar-refractivity contribution in [2.45, 2.75) is 45.1 Å². The highest BCUT2D eigenvalue weighted by molar-refractivity contribution is 7.07. The highest BCUT2D eigenvalue weighted by Gasteiger charge is 2.16. The van der Waals surface area contributed by atoms with Gasteiger partial charge in [-0.2, -0.15) is 11.3 Å². The van der Waals surface area contributed by atoms with Gasteiger partial charge in [-0.25, -0.2) is 0 Å². The molecule has 1 amide bonds. The quantitative estimate of drug-likeness (QED) is 0.407. The highest BCUT2D eigenvalue weighted by Crippen LogP contribution is 2.25. The highest BCUT2D eigenvalue weighted by atomic mass is 32.1. The Kier molecular flexibility index (Phi) is 7.93. The molecule has 1 heterocycles. The Bertz CT molecular complexity index is 481. The maximum atomic E-state index is 11.9. The predicted molar refractivity (Wildman–Crippen MR) is 96.7 cm³/mol. The van der Waals surface area contributed by atoms with Gasteiger partial charge in [0.15, 0.2) is 5.96 Å². The fourth-order valence-corrected chi connectivity index (χ4v) is 3.58. The molecule has 0 aliphatic heterocycles. The number of nitrogens with one attached hydrogen (secondary N) is 3. The predicted octanol–water partition coefficient (Wildman–Crippen LogP) is 2.50. The molecule has 0 atom stereocenters. The van der Waals surface area contributed by atoms with Gasteiger partial charge >= 0.3 is 0 Å². The molecule has 23 heavy (non-hydrogen) atoms. The first-order chi connectivity index (χ1) is 11.3. The number of nitrogens with zero attached hydrogens (tertiary/aromatic N) is 1. The molecule has 1 saturated carbocycles. The van der Waals surface area contributed by atoms with Crippen molar-refractivity contribution in [3.05, 3.63) is 22.4 Å². The number of amides is 1. The SMILES string of the molecule is CN=C(NCCNC(=O)CC1CCCCC1)NCc1ccsc1. The lowest BCUT2D eigenvalue weighted by Crippen LogP contribution is -2.41. The Hall–Kier alpha value is -1.56. The molecule has 1 aliphatic rings. The van der Waals surface area contributed by atoms with Crippen molar-refractivity contribution in [2.75, 3.05) is 20.1 Å². The van der Waals surface area contributed by atoms with Crippen LogP contribution in [0.15, 0.2) is 21.8 Å². The van der Waals surface area contributed by atoms with E-state index in [1.165, 1.54) is 37.7 Å². The molecule has 5 nitrogen and oxygen atoms in total. The molecule has 6 heteroatoms. The van der Waals surface area contributed by atoms with Crippen LogP contribution in [0.25, 0.3) is 0 Å². The van der Waals surface area contributed by atoms with Crippen LogP contribution in [0.1, 0.15) is 44.1 Å². The van der Waals surface area contributed by atoms with Gasteiger partial charge in [0, 0.05) is 33.1 Å². The van der Waals surface area contributed by atoms with Crippen molar-refractivity contribution in [3.63, 3.8) is 0 Å². The number of hydrogen-bond acceptors (Lipinski definition) is 3. The van der Waals surface area contributed by atoms with E-state index in [1.54, 1.807) is 18.4 Å². The largest absolute Gasteiger partial charge is 0.355 e. The normalized spacial score (nSPS) is 16.1. The Morgan fingerprint density at radius 1 is 1.22 bits per heavy atom. The van der Waals surface area contributed by atoms with Crippen molar-refractivity contribution in [1.82, 2.24) is 16.0 Å². The van der Waals surface area contributed by atoms with Crippen LogP contribution >= 0.6 is 11.3 Å². The first-order valence-electron chi connectivity index (χ1n) is 8.50. The van der Waals surface area contributed by atoms with Crippen LogP contribution in [0.4, 0.5) is 0 Å². The smallest absolute Gasteiger partial charge is 0.220 e. The zero-order valence-corrected chi connectivity index (χ0v) is 14.8. The molecule has 0 bridgehead atoms. The molecule has 1 aliphatic carbocycles. The summed E-state index contributed by atoms with van der Waals surface area (Å²) in [6.45, 7) is 2.07. The fraction of sp³-hybridized carbons (Fsp3) is 0.647. The summed E-state index contributed by atoms with van der Waals surface area (Å²) >= 11 is 1.69. The van der Waals surface area contributed by atoms with Gasteiger partial charge in [0.05, 0.1) is 0 Å². The zero-order chi connectivity index (χ0) is 16.3. The van der Waals surface area contributed by atoms with E-state index in [1.807, 2.05) is 0 Å². The van der Waals surface area contributed by atoms with Crippen molar-refractivity contribution < 1.29 is 4.79 Å². The third-order valence-corrected chi connectivity index (χ3v) is 4.93. The van der Waals surface area contributed by atoms with E-state index < -0.39 is 0 Å². The van der Waals surface area contributed by atoms with Crippen LogP contribution in [-0.2, 0) is 11.3 Å². The van der Waals surface area contributed by atoms with Gasteiger partial charge in [0.2, 0.25) is 5.91 Å². The summed E-state index contributed by atoms with van der Waals surface area (Å²) in [4.78, 5) is 16.1. The summed E-state index contributed by atoms with van der Waals surface area (Å²) in [5.74, 6) is 1.54. The van der Waals surface area contributed by atoms with E-state index in [4.69, 9.17) is 0 Å². The van der Waals surface area contributed by atoms with E-state index in [0.29, 0.717) is 25.4 Å². The molecule has 0 radical (unpaired) electrons. The lowest BCUT2D eigenvalue weighted by molar-refractivity contribution is -0.122. The summed E-state index contributed by atoms with van der Waals surface area (Å²) < 4.78 is 0. The number of rotatable bonds is 7. The van der Waals surface area contributed by atoms with Crippen molar-refractivity contribution in [2.24, 2.45) is 10.9 Å². The van der Waals surface area contributed by atoms with E-state index in [0.717, 1.165) is 12.5 Å². The molecule has 0 spiro atoms. The number of aliphatic imine (C=N–C) groups is 1. The summed E-state index contributed by atoms with van der Waals surface area (Å²) in [5.41, 5.74) is 1.25. The summed E-state index contributed by atoms with van der Waals surface area (Å²) in [6, 6.07) is 2.09.